The average molecular weight is 175 g/mol. The van der Waals surface area contributed by atoms with E-state index in [1.54, 1.807) is 13.8 Å². The number of hydrogen-bond acceptors (Lipinski definition) is 3. The van der Waals surface area contributed by atoms with Crippen LogP contribution in [0, 0.1) is 0 Å². The highest BCUT2D eigenvalue weighted by Gasteiger charge is 2.38. The molecule has 2 unspecified atom stereocenters. The summed E-state index contributed by atoms with van der Waals surface area (Å²) in [6.45, 7) is 6.84. The van der Waals surface area contributed by atoms with E-state index < -0.39 is 12.5 Å². The second kappa shape index (κ2) is 3.70. The van der Waals surface area contributed by atoms with E-state index in [2.05, 4.69) is 5.32 Å². The quantitative estimate of drug-likeness (QED) is 0.476. The summed E-state index contributed by atoms with van der Waals surface area (Å²) in [5.41, 5.74) is 0. The molecule has 1 heterocycles. The molecule has 1 aliphatic rings. The predicted molar refractivity (Wildman–Crippen MR) is 46.2 cm³/mol. The molecule has 0 bridgehead atoms. The molecule has 0 aromatic carbocycles. The third-order valence-electron chi connectivity index (χ3n) is 2.90. The Bertz CT molecular complexity index is 132. The average Bonchev–Trinajstić information content (AvgIpc) is 2.05. The second-order valence-electron chi connectivity index (χ2n) is 3.56. The van der Waals surface area contributed by atoms with Gasteiger partial charge in [-0.1, -0.05) is 0 Å². The van der Waals surface area contributed by atoms with Crippen LogP contribution in [0.2, 0.25) is 0 Å². The van der Waals surface area contributed by atoms with Gasteiger partial charge in [-0.15, -0.1) is 0 Å². The standard InChI is InChI=1S/C8H19N2O2/c1-7(11)10(8(2)12)5-3-9-4-6-10/h7-9,11-12H,3-6H2,1-2H3/q+1. The van der Waals surface area contributed by atoms with Crippen molar-refractivity contribution in [3.8, 4) is 0 Å². The normalized spacial score (nSPS) is 28.0. The number of piperazine rings is 1. The van der Waals surface area contributed by atoms with E-state index in [-0.39, 0.29) is 0 Å². The van der Waals surface area contributed by atoms with Crippen molar-refractivity contribution in [2.24, 2.45) is 0 Å². The fraction of sp³-hybridized carbons (Fsp3) is 1.00. The number of nitrogens with zero attached hydrogens (tertiary/aromatic N) is 1. The summed E-state index contributed by atoms with van der Waals surface area (Å²) in [6, 6.07) is 0. The lowest BCUT2D eigenvalue weighted by Gasteiger charge is -2.45. The van der Waals surface area contributed by atoms with E-state index in [4.69, 9.17) is 0 Å². The van der Waals surface area contributed by atoms with Crippen molar-refractivity contribution in [1.29, 1.82) is 0 Å². The van der Waals surface area contributed by atoms with Crippen LogP contribution in [0.5, 0.6) is 0 Å². The van der Waals surface area contributed by atoms with E-state index in [0.29, 0.717) is 4.48 Å². The van der Waals surface area contributed by atoms with Crippen LogP contribution in [-0.4, -0.2) is 53.3 Å². The van der Waals surface area contributed by atoms with E-state index in [1.807, 2.05) is 0 Å². The third kappa shape index (κ3) is 1.61. The fourth-order valence-corrected chi connectivity index (χ4v) is 1.87. The van der Waals surface area contributed by atoms with Crippen molar-refractivity contribution in [1.82, 2.24) is 5.32 Å². The monoisotopic (exact) mass is 175 g/mol. The molecule has 0 amide bonds. The summed E-state index contributed by atoms with van der Waals surface area (Å²) in [5.74, 6) is 0. The first-order valence-corrected chi connectivity index (χ1v) is 4.53. The van der Waals surface area contributed by atoms with Crippen molar-refractivity contribution >= 4 is 0 Å². The molecule has 0 aromatic rings. The molecule has 72 valence electrons. The highest BCUT2D eigenvalue weighted by atomic mass is 16.3. The van der Waals surface area contributed by atoms with Crippen molar-refractivity contribution in [3.05, 3.63) is 0 Å². The molecule has 1 saturated heterocycles. The van der Waals surface area contributed by atoms with E-state index in [9.17, 15) is 10.2 Å². The molecule has 1 aliphatic heterocycles. The van der Waals surface area contributed by atoms with E-state index in [1.165, 1.54) is 0 Å². The van der Waals surface area contributed by atoms with Crippen LogP contribution < -0.4 is 5.32 Å². The molecule has 0 aromatic heterocycles. The smallest absolute Gasteiger partial charge is 0.189 e. The lowest BCUT2D eigenvalue weighted by molar-refractivity contribution is -1.01. The minimum atomic E-state index is -0.480. The molecule has 0 saturated carbocycles. The van der Waals surface area contributed by atoms with Gasteiger partial charge in [-0.3, -0.25) is 4.48 Å². The number of quaternary nitrogens is 1. The Morgan fingerprint density at radius 2 is 1.50 bits per heavy atom. The molecule has 2 atom stereocenters. The van der Waals surface area contributed by atoms with Crippen molar-refractivity contribution in [2.75, 3.05) is 26.2 Å². The van der Waals surface area contributed by atoms with Gasteiger partial charge in [-0.25, -0.2) is 0 Å². The number of aliphatic hydroxyl groups excluding tert-OH is 2. The topological polar surface area (TPSA) is 52.5 Å². The van der Waals surface area contributed by atoms with Crippen molar-refractivity contribution < 1.29 is 14.7 Å². The number of nitrogens with one attached hydrogen (secondary N) is 1. The molecular weight excluding hydrogens is 156 g/mol. The lowest BCUT2D eigenvalue weighted by atomic mass is 10.2. The fourth-order valence-electron chi connectivity index (χ4n) is 1.87. The Kier molecular flexibility index (Phi) is 3.06. The molecule has 1 fully saturated rings. The van der Waals surface area contributed by atoms with Crippen LogP contribution in [0.1, 0.15) is 13.8 Å². The Balaban J connectivity index is 2.70. The minimum absolute atomic E-state index is 0.410. The second-order valence-corrected chi connectivity index (χ2v) is 3.56. The van der Waals surface area contributed by atoms with Crippen LogP contribution in [0.15, 0.2) is 0 Å². The summed E-state index contributed by atoms with van der Waals surface area (Å²) in [4.78, 5) is 0. The van der Waals surface area contributed by atoms with Gasteiger partial charge in [0, 0.05) is 26.9 Å². The van der Waals surface area contributed by atoms with Gasteiger partial charge in [0.2, 0.25) is 0 Å². The molecule has 0 spiro atoms. The van der Waals surface area contributed by atoms with Gasteiger partial charge < -0.3 is 15.5 Å². The van der Waals surface area contributed by atoms with Crippen LogP contribution in [-0.2, 0) is 0 Å². The predicted octanol–water partition coefficient (Wildman–Crippen LogP) is -0.917. The summed E-state index contributed by atoms with van der Waals surface area (Å²) < 4.78 is 0.410. The van der Waals surface area contributed by atoms with Gasteiger partial charge in [-0.2, -0.15) is 0 Å². The first-order chi connectivity index (χ1) is 5.59. The van der Waals surface area contributed by atoms with Crippen LogP contribution in [0.4, 0.5) is 0 Å². The van der Waals surface area contributed by atoms with Gasteiger partial charge >= 0.3 is 0 Å². The Morgan fingerprint density at radius 1 is 1.08 bits per heavy atom. The maximum Gasteiger partial charge on any atom is 0.189 e. The zero-order chi connectivity index (χ0) is 9.19. The number of hydrogen-bond donors (Lipinski definition) is 3. The van der Waals surface area contributed by atoms with E-state index in [0.717, 1.165) is 26.2 Å². The molecule has 0 aliphatic carbocycles. The highest BCUT2D eigenvalue weighted by Crippen LogP contribution is 2.17. The SMILES string of the molecule is CC(O)[N+]1(C(C)O)CCNCC1. The minimum Gasteiger partial charge on any atom is -0.345 e. The van der Waals surface area contributed by atoms with Crippen molar-refractivity contribution in [3.63, 3.8) is 0 Å². The van der Waals surface area contributed by atoms with Crippen LogP contribution >= 0.6 is 0 Å². The number of rotatable bonds is 2. The highest BCUT2D eigenvalue weighted by molar-refractivity contribution is 4.58. The third-order valence-corrected chi connectivity index (χ3v) is 2.90. The Hall–Kier alpha value is -0.160. The summed E-state index contributed by atoms with van der Waals surface area (Å²) in [6.07, 6.45) is -0.959. The largest absolute Gasteiger partial charge is 0.345 e. The molecule has 1 rings (SSSR count). The molecule has 4 heteroatoms. The summed E-state index contributed by atoms with van der Waals surface area (Å²) in [7, 11) is 0. The molecule has 12 heavy (non-hydrogen) atoms. The van der Waals surface area contributed by atoms with Gasteiger partial charge in [0.1, 0.15) is 0 Å². The van der Waals surface area contributed by atoms with Crippen LogP contribution in [0.25, 0.3) is 0 Å². The van der Waals surface area contributed by atoms with E-state index >= 15 is 0 Å². The molecule has 4 nitrogen and oxygen atoms in total. The summed E-state index contributed by atoms with van der Waals surface area (Å²) in [5, 5.41) is 22.4. The first-order valence-electron chi connectivity index (χ1n) is 4.53. The zero-order valence-corrected chi connectivity index (χ0v) is 7.82. The van der Waals surface area contributed by atoms with Gasteiger partial charge in [-0.05, 0) is 0 Å². The first kappa shape index (κ1) is 9.92. The number of aliphatic hydroxyl groups is 2. The molecular formula is C8H19N2O2+. The molecule has 0 radical (unpaired) electrons. The maximum atomic E-state index is 9.58. The van der Waals surface area contributed by atoms with Gasteiger partial charge in [0.25, 0.3) is 0 Å². The zero-order valence-electron chi connectivity index (χ0n) is 7.82. The van der Waals surface area contributed by atoms with Crippen LogP contribution in [0.3, 0.4) is 0 Å². The van der Waals surface area contributed by atoms with Crippen molar-refractivity contribution in [2.45, 2.75) is 26.3 Å². The van der Waals surface area contributed by atoms with Gasteiger partial charge in [0.15, 0.2) is 12.5 Å². The van der Waals surface area contributed by atoms with Gasteiger partial charge in [0.05, 0.1) is 13.1 Å². The Morgan fingerprint density at radius 3 is 1.75 bits per heavy atom. The maximum absolute atomic E-state index is 9.58. The molecule has 3 N–H and O–H groups in total. The lowest BCUT2D eigenvalue weighted by Crippen LogP contribution is -2.66. The Labute approximate surface area is 73.4 Å². The summed E-state index contributed by atoms with van der Waals surface area (Å²) >= 11 is 0.